The zero-order valence-corrected chi connectivity index (χ0v) is 9.72. The van der Waals surface area contributed by atoms with Crippen molar-refractivity contribution in [2.45, 2.75) is 44.3 Å². The highest BCUT2D eigenvalue weighted by Gasteiger charge is 2.25. The van der Waals surface area contributed by atoms with E-state index in [1.165, 1.54) is 19.3 Å². The van der Waals surface area contributed by atoms with Crippen LogP contribution in [0.5, 0.6) is 0 Å². The van der Waals surface area contributed by atoms with Gasteiger partial charge in [0.05, 0.1) is 11.0 Å². The van der Waals surface area contributed by atoms with Crippen LogP contribution in [-0.4, -0.2) is 26.0 Å². The van der Waals surface area contributed by atoms with Gasteiger partial charge in [0, 0.05) is 6.54 Å². The van der Waals surface area contributed by atoms with Gasteiger partial charge in [0.15, 0.2) is 9.84 Å². The third-order valence-electron chi connectivity index (χ3n) is 3.14. The van der Waals surface area contributed by atoms with Crippen molar-refractivity contribution in [3.8, 4) is 0 Å². The average molecular weight is 219 g/mol. The van der Waals surface area contributed by atoms with E-state index < -0.39 is 9.84 Å². The van der Waals surface area contributed by atoms with E-state index in [2.05, 4.69) is 0 Å². The molecule has 4 heteroatoms. The molecule has 0 aromatic rings. The number of sulfone groups is 1. The maximum absolute atomic E-state index is 11.7. The van der Waals surface area contributed by atoms with Crippen LogP contribution in [0.2, 0.25) is 0 Å². The number of hydrogen-bond donors (Lipinski definition) is 1. The van der Waals surface area contributed by atoms with Gasteiger partial charge in [0.25, 0.3) is 0 Å². The van der Waals surface area contributed by atoms with Crippen molar-refractivity contribution in [1.29, 1.82) is 0 Å². The molecule has 1 aliphatic carbocycles. The standard InChI is InChI=1S/C10H21NO2S/c1-9(7-11)14(12,13)8-10-5-3-2-4-6-10/h9-10H,2-8,11H2,1H3. The van der Waals surface area contributed by atoms with Crippen LogP contribution in [0.1, 0.15) is 39.0 Å². The lowest BCUT2D eigenvalue weighted by molar-refractivity contribution is 0.384. The fourth-order valence-corrected chi connectivity index (χ4v) is 3.61. The summed E-state index contributed by atoms with van der Waals surface area (Å²) in [4.78, 5) is 0. The molecule has 0 aromatic carbocycles. The van der Waals surface area contributed by atoms with E-state index in [9.17, 15) is 8.42 Å². The summed E-state index contributed by atoms with van der Waals surface area (Å²) in [5.41, 5.74) is 5.38. The van der Waals surface area contributed by atoms with Crippen LogP contribution in [0.15, 0.2) is 0 Å². The Balaban J connectivity index is 2.49. The first-order chi connectivity index (χ1) is 6.56. The van der Waals surface area contributed by atoms with Crippen molar-refractivity contribution in [3.63, 3.8) is 0 Å². The predicted octanol–water partition coefficient (Wildman–Crippen LogP) is 1.33. The fourth-order valence-electron chi connectivity index (χ4n) is 1.99. The number of nitrogens with two attached hydrogens (primary N) is 1. The van der Waals surface area contributed by atoms with Crippen LogP contribution in [0.25, 0.3) is 0 Å². The SMILES string of the molecule is CC(CN)S(=O)(=O)CC1CCCCC1. The molecule has 0 amide bonds. The van der Waals surface area contributed by atoms with E-state index in [1.54, 1.807) is 6.92 Å². The number of hydrogen-bond acceptors (Lipinski definition) is 3. The van der Waals surface area contributed by atoms with Gasteiger partial charge in [0.2, 0.25) is 0 Å². The zero-order chi connectivity index (χ0) is 10.6. The molecule has 0 radical (unpaired) electrons. The summed E-state index contributed by atoms with van der Waals surface area (Å²) in [5, 5.41) is -0.371. The Hall–Kier alpha value is -0.0900. The second kappa shape index (κ2) is 5.12. The van der Waals surface area contributed by atoms with Crippen LogP contribution in [0, 0.1) is 5.92 Å². The fraction of sp³-hybridized carbons (Fsp3) is 1.00. The van der Waals surface area contributed by atoms with Crippen LogP contribution >= 0.6 is 0 Å². The van der Waals surface area contributed by atoms with Crippen molar-refractivity contribution in [1.82, 2.24) is 0 Å². The molecule has 1 unspecified atom stereocenters. The van der Waals surface area contributed by atoms with Gasteiger partial charge in [-0.15, -0.1) is 0 Å². The highest BCUT2D eigenvalue weighted by molar-refractivity contribution is 7.92. The summed E-state index contributed by atoms with van der Waals surface area (Å²) in [5.74, 6) is 0.744. The molecular formula is C10H21NO2S. The molecule has 0 spiro atoms. The topological polar surface area (TPSA) is 60.2 Å². The molecule has 1 rings (SSSR count). The predicted molar refractivity (Wildman–Crippen MR) is 58.9 cm³/mol. The third kappa shape index (κ3) is 3.24. The van der Waals surface area contributed by atoms with E-state index in [1.807, 2.05) is 0 Å². The van der Waals surface area contributed by atoms with E-state index >= 15 is 0 Å². The molecule has 3 nitrogen and oxygen atoms in total. The van der Waals surface area contributed by atoms with Gasteiger partial charge in [-0.05, 0) is 25.7 Å². The van der Waals surface area contributed by atoms with Crippen LogP contribution in [0.3, 0.4) is 0 Å². The minimum atomic E-state index is -2.93. The molecule has 1 atom stereocenters. The Morgan fingerprint density at radius 2 is 1.86 bits per heavy atom. The van der Waals surface area contributed by atoms with Gasteiger partial charge >= 0.3 is 0 Å². The summed E-state index contributed by atoms with van der Waals surface area (Å²) in [7, 11) is -2.93. The minimum Gasteiger partial charge on any atom is -0.329 e. The highest BCUT2D eigenvalue weighted by atomic mass is 32.2. The van der Waals surface area contributed by atoms with Crippen LogP contribution in [-0.2, 0) is 9.84 Å². The second-order valence-corrected chi connectivity index (χ2v) is 6.84. The van der Waals surface area contributed by atoms with E-state index in [0.29, 0.717) is 11.7 Å². The molecule has 84 valence electrons. The maximum atomic E-state index is 11.7. The van der Waals surface area contributed by atoms with Gasteiger partial charge in [-0.1, -0.05) is 19.3 Å². The molecule has 1 saturated carbocycles. The van der Waals surface area contributed by atoms with Crippen molar-refractivity contribution < 1.29 is 8.42 Å². The second-order valence-electron chi connectivity index (χ2n) is 4.38. The molecule has 0 heterocycles. The molecule has 1 fully saturated rings. The normalized spacial score (nSPS) is 22.1. The molecule has 2 N–H and O–H groups in total. The van der Waals surface area contributed by atoms with E-state index in [0.717, 1.165) is 12.8 Å². The lowest BCUT2D eigenvalue weighted by Crippen LogP contribution is -2.31. The van der Waals surface area contributed by atoms with Gasteiger partial charge in [-0.3, -0.25) is 0 Å². The molecule has 0 saturated heterocycles. The van der Waals surface area contributed by atoms with E-state index in [4.69, 9.17) is 5.73 Å². The highest BCUT2D eigenvalue weighted by Crippen LogP contribution is 2.25. The summed E-state index contributed by atoms with van der Waals surface area (Å²) in [6.07, 6.45) is 5.81. The molecule has 0 aromatic heterocycles. The average Bonchev–Trinajstić information content (AvgIpc) is 2.17. The molecule has 1 aliphatic rings. The van der Waals surface area contributed by atoms with Crippen molar-refractivity contribution >= 4 is 9.84 Å². The molecule has 14 heavy (non-hydrogen) atoms. The Morgan fingerprint density at radius 1 is 1.29 bits per heavy atom. The summed E-state index contributed by atoms with van der Waals surface area (Å²) < 4.78 is 23.5. The van der Waals surface area contributed by atoms with Crippen molar-refractivity contribution in [2.75, 3.05) is 12.3 Å². The van der Waals surface area contributed by atoms with Gasteiger partial charge in [0.1, 0.15) is 0 Å². The Kier molecular flexibility index (Phi) is 4.38. The Morgan fingerprint density at radius 3 is 2.36 bits per heavy atom. The van der Waals surface area contributed by atoms with Gasteiger partial charge in [-0.2, -0.15) is 0 Å². The summed E-state index contributed by atoms with van der Waals surface area (Å²) >= 11 is 0. The maximum Gasteiger partial charge on any atom is 0.154 e. The minimum absolute atomic E-state index is 0.245. The van der Waals surface area contributed by atoms with E-state index in [-0.39, 0.29) is 11.8 Å². The molecule has 0 bridgehead atoms. The van der Waals surface area contributed by atoms with Crippen LogP contribution in [0.4, 0.5) is 0 Å². The monoisotopic (exact) mass is 219 g/mol. The Bertz CT molecular complexity index is 255. The lowest BCUT2D eigenvalue weighted by Gasteiger charge is -2.22. The first kappa shape index (κ1) is 12.0. The van der Waals surface area contributed by atoms with Crippen LogP contribution < -0.4 is 5.73 Å². The quantitative estimate of drug-likeness (QED) is 0.776. The van der Waals surface area contributed by atoms with Gasteiger partial charge in [-0.25, -0.2) is 8.42 Å². The summed E-state index contributed by atoms with van der Waals surface area (Å²) in [6, 6.07) is 0. The lowest BCUT2D eigenvalue weighted by atomic mass is 9.91. The van der Waals surface area contributed by atoms with Gasteiger partial charge < -0.3 is 5.73 Å². The molecular weight excluding hydrogens is 198 g/mol. The first-order valence-corrected chi connectivity index (χ1v) is 7.19. The Labute approximate surface area is 87.0 Å². The summed E-state index contributed by atoms with van der Waals surface area (Å²) in [6.45, 7) is 1.95. The first-order valence-electron chi connectivity index (χ1n) is 5.48. The van der Waals surface area contributed by atoms with Crippen molar-refractivity contribution in [2.24, 2.45) is 11.7 Å². The zero-order valence-electron chi connectivity index (χ0n) is 8.91. The largest absolute Gasteiger partial charge is 0.329 e. The number of rotatable bonds is 4. The smallest absolute Gasteiger partial charge is 0.154 e. The molecule has 0 aliphatic heterocycles. The van der Waals surface area contributed by atoms with Crippen molar-refractivity contribution in [3.05, 3.63) is 0 Å². The third-order valence-corrected chi connectivity index (χ3v) is 5.49.